The van der Waals surface area contributed by atoms with Gasteiger partial charge in [0.15, 0.2) is 5.16 Å². The number of amides is 1. The number of hydrogen-bond acceptors (Lipinski definition) is 4. The fraction of sp³-hybridized carbons (Fsp3) is 0.118. The highest BCUT2D eigenvalue weighted by molar-refractivity contribution is 8.00. The minimum absolute atomic E-state index is 0.127. The molecule has 0 bridgehead atoms. The minimum atomic E-state index is -0.990. The number of benzene rings is 2. The van der Waals surface area contributed by atoms with Crippen molar-refractivity contribution in [2.24, 2.45) is 0 Å². The molecule has 1 aromatic heterocycles. The van der Waals surface area contributed by atoms with Crippen LogP contribution in [0.4, 0.5) is 5.69 Å². The molecule has 0 fully saturated rings. The molecule has 122 valence electrons. The molecule has 1 amide bonds. The van der Waals surface area contributed by atoms with Gasteiger partial charge in [-0.15, -0.1) is 0 Å². The monoisotopic (exact) mass is 341 g/mol. The fourth-order valence-electron chi connectivity index (χ4n) is 2.16. The number of carbonyl (C=O) groups excluding carboxylic acids is 1. The van der Waals surface area contributed by atoms with Crippen LogP contribution < -0.4 is 5.32 Å². The first-order valence-corrected chi connectivity index (χ1v) is 8.16. The normalized spacial score (nSPS) is 12.0. The molecule has 0 radical (unpaired) electrons. The van der Waals surface area contributed by atoms with Gasteiger partial charge in [-0.3, -0.25) is 4.79 Å². The van der Waals surface area contributed by atoms with Crippen molar-refractivity contribution >= 4 is 40.4 Å². The van der Waals surface area contributed by atoms with Gasteiger partial charge in [0.2, 0.25) is 5.91 Å². The number of carboxylic acid groups (broad SMARTS) is 1. The molecule has 3 aromatic rings. The molecule has 7 heteroatoms. The fourth-order valence-corrected chi connectivity index (χ4v) is 2.98. The topological polar surface area (TPSA) is 95.1 Å². The number of imidazole rings is 1. The Balaban J connectivity index is 1.71. The summed E-state index contributed by atoms with van der Waals surface area (Å²) < 4.78 is 0. The van der Waals surface area contributed by atoms with Crippen molar-refractivity contribution in [3.05, 3.63) is 54.1 Å². The maximum Gasteiger partial charge on any atom is 0.335 e. The van der Waals surface area contributed by atoms with Crippen LogP contribution in [-0.4, -0.2) is 32.2 Å². The third-order valence-electron chi connectivity index (χ3n) is 3.41. The first kappa shape index (κ1) is 16.1. The molecule has 3 N–H and O–H groups in total. The van der Waals surface area contributed by atoms with Gasteiger partial charge >= 0.3 is 5.97 Å². The second kappa shape index (κ2) is 6.76. The Kier molecular flexibility index (Phi) is 4.52. The first-order chi connectivity index (χ1) is 11.5. The number of carboxylic acids is 1. The predicted molar refractivity (Wildman–Crippen MR) is 93.4 cm³/mol. The summed E-state index contributed by atoms with van der Waals surface area (Å²) in [5, 5.41) is 12.1. The molecular weight excluding hydrogens is 326 g/mol. The summed E-state index contributed by atoms with van der Waals surface area (Å²) in [6.07, 6.45) is 0. The maximum absolute atomic E-state index is 12.2. The summed E-state index contributed by atoms with van der Waals surface area (Å²) in [5.41, 5.74) is 2.23. The van der Waals surface area contributed by atoms with Crippen LogP contribution in [-0.2, 0) is 4.79 Å². The van der Waals surface area contributed by atoms with Gasteiger partial charge in [0.1, 0.15) is 0 Å². The van der Waals surface area contributed by atoms with Crippen LogP contribution in [0.3, 0.4) is 0 Å². The highest BCUT2D eigenvalue weighted by atomic mass is 32.2. The SMILES string of the molecule is CC(Sc1nc2ccc(C(=O)O)cc2[nH]1)C(=O)Nc1ccccc1. The molecule has 3 rings (SSSR count). The van der Waals surface area contributed by atoms with E-state index < -0.39 is 5.97 Å². The van der Waals surface area contributed by atoms with E-state index >= 15 is 0 Å². The number of aromatic carboxylic acids is 1. The van der Waals surface area contributed by atoms with E-state index in [2.05, 4.69) is 15.3 Å². The number of fused-ring (bicyclic) bond motifs is 1. The number of thioether (sulfide) groups is 1. The lowest BCUT2D eigenvalue weighted by Gasteiger charge is -2.10. The largest absolute Gasteiger partial charge is 0.478 e. The highest BCUT2D eigenvalue weighted by Gasteiger charge is 2.17. The number of nitrogens with one attached hydrogen (secondary N) is 2. The lowest BCUT2D eigenvalue weighted by molar-refractivity contribution is -0.115. The van der Waals surface area contributed by atoms with Crippen LogP contribution >= 0.6 is 11.8 Å². The van der Waals surface area contributed by atoms with Crippen LogP contribution in [0.5, 0.6) is 0 Å². The number of para-hydroxylation sites is 1. The van der Waals surface area contributed by atoms with Crippen LogP contribution in [0.2, 0.25) is 0 Å². The molecule has 1 heterocycles. The Morgan fingerprint density at radius 1 is 1.21 bits per heavy atom. The number of rotatable bonds is 5. The van der Waals surface area contributed by atoms with Gasteiger partial charge in [-0.25, -0.2) is 9.78 Å². The molecule has 6 nitrogen and oxygen atoms in total. The summed E-state index contributed by atoms with van der Waals surface area (Å²) in [5.74, 6) is -1.12. The first-order valence-electron chi connectivity index (χ1n) is 7.28. The Bertz CT molecular complexity index is 892. The molecule has 0 saturated carbocycles. The second-order valence-electron chi connectivity index (χ2n) is 5.19. The van der Waals surface area contributed by atoms with E-state index in [1.165, 1.54) is 23.9 Å². The Morgan fingerprint density at radius 3 is 2.67 bits per heavy atom. The van der Waals surface area contributed by atoms with Crippen LogP contribution in [0, 0.1) is 0 Å². The van der Waals surface area contributed by atoms with Crippen molar-refractivity contribution in [1.29, 1.82) is 0 Å². The summed E-state index contributed by atoms with van der Waals surface area (Å²) in [7, 11) is 0. The zero-order valence-corrected chi connectivity index (χ0v) is 13.6. The van der Waals surface area contributed by atoms with Crippen molar-refractivity contribution < 1.29 is 14.7 Å². The maximum atomic E-state index is 12.2. The molecule has 2 aromatic carbocycles. The standard InChI is InChI=1S/C17H15N3O3S/c1-10(15(21)18-12-5-3-2-4-6-12)24-17-19-13-8-7-11(16(22)23)9-14(13)20-17/h2-10H,1H3,(H,18,21)(H,19,20)(H,22,23). The number of aromatic nitrogens is 2. The summed E-state index contributed by atoms with van der Waals surface area (Å²) >= 11 is 1.28. The molecule has 0 saturated heterocycles. The van der Waals surface area contributed by atoms with E-state index in [-0.39, 0.29) is 16.7 Å². The third kappa shape index (κ3) is 3.57. The molecular formula is C17H15N3O3S. The molecule has 1 atom stereocenters. The van der Waals surface area contributed by atoms with E-state index in [1.807, 2.05) is 30.3 Å². The van der Waals surface area contributed by atoms with E-state index in [0.29, 0.717) is 16.2 Å². The number of aromatic amines is 1. The van der Waals surface area contributed by atoms with Gasteiger partial charge in [-0.05, 0) is 37.3 Å². The molecule has 0 aliphatic carbocycles. The zero-order valence-electron chi connectivity index (χ0n) is 12.8. The minimum Gasteiger partial charge on any atom is -0.478 e. The van der Waals surface area contributed by atoms with Crippen LogP contribution in [0.15, 0.2) is 53.7 Å². The highest BCUT2D eigenvalue weighted by Crippen LogP contribution is 2.25. The van der Waals surface area contributed by atoms with Crippen molar-refractivity contribution in [2.75, 3.05) is 5.32 Å². The number of anilines is 1. The Labute approximate surface area is 142 Å². The van der Waals surface area contributed by atoms with E-state index in [1.54, 1.807) is 13.0 Å². The smallest absolute Gasteiger partial charge is 0.335 e. The molecule has 1 unspecified atom stereocenters. The zero-order chi connectivity index (χ0) is 17.1. The molecule has 0 aliphatic rings. The number of carbonyl (C=O) groups is 2. The predicted octanol–water partition coefficient (Wildman–Crippen LogP) is 3.38. The Hall–Kier alpha value is -2.80. The van der Waals surface area contributed by atoms with Gasteiger partial charge in [-0.1, -0.05) is 30.0 Å². The second-order valence-corrected chi connectivity index (χ2v) is 6.52. The molecule has 0 aliphatic heterocycles. The average molecular weight is 341 g/mol. The van der Waals surface area contributed by atoms with Crippen LogP contribution in [0.25, 0.3) is 11.0 Å². The van der Waals surface area contributed by atoms with Crippen LogP contribution in [0.1, 0.15) is 17.3 Å². The van der Waals surface area contributed by atoms with Crippen molar-refractivity contribution in [3.63, 3.8) is 0 Å². The number of hydrogen-bond donors (Lipinski definition) is 3. The third-order valence-corrected chi connectivity index (χ3v) is 4.39. The molecule has 0 spiro atoms. The van der Waals surface area contributed by atoms with E-state index in [0.717, 1.165) is 5.69 Å². The van der Waals surface area contributed by atoms with Gasteiger partial charge in [-0.2, -0.15) is 0 Å². The van der Waals surface area contributed by atoms with Crippen molar-refractivity contribution in [1.82, 2.24) is 9.97 Å². The van der Waals surface area contributed by atoms with Crippen molar-refractivity contribution in [3.8, 4) is 0 Å². The molecule has 24 heavy (non-hydrogen) atoms. The Morgan fingerprint density at radius 2 is 1.96 bits per heavy atom. The van der Waals surface area contributed by atoms with Gasteiger partial charge in [0, 0.05) is 5.69 Å². The van der Waals surface area contributed by atoms with Crippen molar-refractivity contribution in [2.45, 2.75) is 17.3 Å². The van der Waals surface area contributed by atoms with Gasteiger partial charge < -0.3 is 15.4 Å². The number of H-pyrrole nitrogens is 1. The average Bonchev–Trinajstić information content (AvgIpc) is 2.96. The summed E-state index contributed by atoms with van der Waals surface area (Å²) in [4.78, 5) is 30.6. The summed E-state index contributed by atoms with van der Waals surface area (Å²) in [6, 6.07) is 13.9. The van der Waals surface area contributed by atoms with E-state index in [9.17, 15) is 9.59 Å². The van der Waals surface area contributed by atoms with E-state index in [4.69, 9.17) is 5.11 Å². The lowest BCUT2D eigenvalue weighted by Crippen LogP contribution is -2.22. The van der Waals surface area contributed by atoms with Gasteiger partial charge in [0.05, 0.1) is 21.8 Å². The lowest BCUT2D eigenvalue weighted by atomic mass is 10.2. The summed E-state index contributed by atoms with van der Waals surface area (Å²) in [6.45, 7) is 1.79. The van der Waals surface area contributed by atoms with Gasteiger partial charge in [0.25, 0.3) is 0 Å². The number of nitrogens with zero attached hydrogens (tertiary/aromatic N) is 1. The quantitative estimate of drug-likeness (QED) is 0.618.